The van der Waals surface area contributed by atoms with Gasteiger partial charge in [0.2, 0.25) is 0 Å². The van der Waals surface area contributed by atoms with E-state index in [-0.39, 0.29) is 0 Å². The fraction of sp³-hybridized carbons (Fsp3) is 0.615. The molecule has 1 atom stereocenters. The molecule has 1 fully saturated rings. The van der Waals surface area contributed by atoms with E-state index < -0.39 is 0 Å². The molecule has 1 aromatic rings. The molecule has 0 spiro atoms. The van der Waals surface area contributed by atoms with Crippen LogP contribution in [0.15, 0.2) is 18.5 Å². The number of hydrogen-bond acceptors (Lipinski definition) is 4. The highest BCUT2D eigenvalue weighted by atomic mass is 32.2. The third kappa shape index (κ3) is 3.53. The molecule has 2 rings (SSSR count). The van der Waals surface area contributed by atoms with Crippen LogP contribution in [-0.2, 0) is 0 Å². The summed E-state index contributed by atoms with van der Waals surface area (Å²) in [6.45, 7) is 6.39. The Balaban J connectivity index is 1.91. The predicted octanol–water partition coefficient (Wildman–Crippen LogP) is 3.21. The quantitative estimate of drug-likeness (QED) is 0.842. The van der Waals surface area contributed by atoms with Crippen LogP contribution in [0, 0.1) is 0 Å². The first-order chi connectivity index (χ1) is 8.22. The number of anilines is 2. The largest absolute Gasteiger partial charge is 0.384 e. The van der Waals surface area contributed by atoms with Crippen molar-refractivity contribution in [1.82, 2.24) is 4.98 Å². The van der Waals surface area contributed by atoms with E-state index >= 15 is 0 Å². The standard InChI is InChI=1S/C13H21N3S/c1-3-15-11-7-12(9-14-8-11)16-10-13(2)5-4-6-17-13/h7-9,15-16H,3-6,10H2,1-2H3. The molecule has 1 aliphatic rings. The first-order valence-corrected chi connectivity index (χ1v) is 7.27. The van der Waals surface area contributed by atoms with Gasteiger partial charge in [-0.2, -0.15) is 11.8 Å². The van der Waals surface area contributed by atoms with Gasteiger partial charge in [0.25, 0.3) is 0 Å². The Morgan fingerprint density at radius 1 is 1.35 bits per heavy atom. The van der Waals surface area contributed by atoms with Gasteiger partial charge >= 0.3 is 0 Å². The minimum absolute atomic E-state index is 0.397. The van der Waals surface area contributed by atoms with Gasteiger partial charge in [-0.15, -0.1) is 0 Å². The van der Waals surface area contributed by atoms with E-state index in [1.54, 1.807) is 0 Å². The summed E-state index contributed by atoms with van der Waals surface area (Å²) in [4.78, 5) is 4.24. The maximum atomic E-state index is 4.24. The van der Waals surface area contributed by atoms with Crippen LogP contribution in [0.2, 0.25) is 0 Å². The van der Waals surface area contributed by atoms with Gasteiger partial charge in [-0.3, -0.25) is 4.98 Å². The molecule has 3 nitrogen and oxygen atoms in total. The van der Waals surface area contributed by atoms with Gasteiger partial charge in [0.05, 0.1) is 23.8 Å². The third-order valence-corrected chi connectivity index (χ3v) is 4.62. The van der Waals surface area contributed by atoms with Crippen LogP contribution in [0.4, 0.5) is 11.4 Å². The molecule has 1 saturated heterocycles. The molecular formula is C13H21N3S. The summed E-state index contributed by atoms with van der Waals surface area (Å²) in [7, 11) is 0. The molecule has 1 aromatic heterocycles. The van der Waals surface area contributed by atoms with Gasteiger partial charge in [-0.1, -0.05) is 0 Å². The van der Waals surface area contributed by atoms with Crippen molar-refractivity contribution >= 4 is 23.1 Å². The minimum atomic E-state index is 0.397. The molecule has 0 bridgehead atoms. The molecule has 0 aromatic carbocycles. The Hall–Kier alpha value is -0.900. The van der Waals surface area contributed by atoms with Crippen molar-refractivity contribution in [1.29, 1.82) is 0 Å². The van der Waals surface area contributed by atoms with Crippen LogP contribution < -0.4 is 10.6 Å². The molecule has 0 radical (unpaired) electrons. The number of aromatic nitrogens is 1. The Morgan fingerprint density at radius 3 is 2.76 bits per heavy atom. The molecule has 2 heterocycles. The smallest absolute Gasteiger partial charge is 0.0547 e. The number of nitrogens with zero attached hydrogens (tertiary/aromatic N) is 1. The van der Waals surface area contributed by atoms with Crippen LogP contribution in [0.5, 0.6) is 0 Å². The van der Waals surface area contributed by atoms with Gasteiger partial charge in [-0.25, -0.2) is 0 Å². The Labute approximate surface area is 108 Å². The zero-order valence-electron chi connectivity index (χ0n) is 10.6. The van der Waals surface area contributed by atoms with Crippen molar-refractivity contribution in [2.75, 3.05) is 29.5 Å². The van der Waals surface area contributed by atoms with Gasteiger partial charge in [-0.05, 0) is 38.5 Å². The summed E-state index contributed by atoms with van der Waals surface area (Å²) >= 11 is 2.08. The molecule has 4 heteroatoms. The Kier molecular flexibility index (Phi) is 4.15. The molecule has 0 aliphatic carbocycles. The summed E-state index contributed by atoms with van der Waals surface area (Å²) in [5.74, 6) is 1.30. The second-order valence-corrected chi connectivity index (χ2v) is 6.43. The van der Waals surface area contributed by atoms with E-state index in [0.717, 1.165) is 24.5 Å². The van der Waals surface area contributed by atoms with Crippen molar-refractivity contribution in [2.24, 2.45) is 0 Å². The van der Waals surface area contributed by atoms with Gasteiger partial charge in [0, 0.05) is 17.8 Å². The normalized spacial score (nSPS) is 23.6. The minimum Gasteiger partial charge on any atom is -0.384 e. The first-order valence-electron chi connectivity index (χ1n) is 6.29. The molecule has 17 heavy (non-hydrogen) atoms. The van der Waals surface area contributed by atoms with Crippen LogP contribution in [0.3, 0.4) is 0 Å². The lowest BCUT2D eigenvalue weighted by atomic mass is 10.1. The number of nitrogens with one attached hydrogen (secondary N) is 2. The summed E-state index contributed by atoms with van der Waals surface area (Å²) in [6, 6.07) is 2.12. The SMILES string of the molecule is CCNc1cncc(NCC2(C)CCCS2)c1. The number of rotatable bonds is 5. The lowest BCUT2D eigenvalue weighted by Gasteiger charge is -2.23. The zero-order chi connectivity index (χ0) is 12.1. The summed E-state index contributed by atoms with van der Waals surface area (Å²) in [5, 5.41) is 6.78. The predicted molar refractivity (Wildman–Crippen MR) is 77.0 cm³/mol. The highest BCUT2D eigenvalue weighted by molar-refractivity contribution is 8.00. The van der Waals surface area contributed by atoms with E-state index in [1.165, 1.54) is 18.6 Å². The van der Waals surface area contributed by atoms with Crippen molar-refractivity contribution in [3.63, 3.8) is 0 Å². The van der Waals surface area contributed by atoms with Crippen LogP contribution in [0.1, 0.15) is 26.7 Å². The van der Waals surface area contributed by atoms with Crippen molar-refractivity contribution in [2.45, 2.75) is 31.4 Å². The Morgan fingerprint density at radius 2 is 2.12 bits per heavy atom. The number of pyridine rings is 1. The molecule has 1 unspecified atom stereocenters. The third-order valence-electron chi connectivity index (χ3n) is 3.09. The van der Waals surface area contributed by atoms with Gasteiger partial charge < -0.3 is 10.6 Å². The second kappa shape index (κ2) is 5.63. The highest BCUT2D eigenvalue weighted by Crippen LogP contribution is 2.37. The van der Waals surface area contributed by atoms with E-state index in [1.807, 2.05) is 12.4 Å². The monoisotopic (exact) mass is 251 g/mol. The fourth-order valence-corrected chi connectivity index (χ4v) is 3.35. The Bertz CT molecular complexity index is 361. The van der Waals surface area contributed by atoms with Gasteiger partial charge in [0.1, 0.15) is 0 Å². The lowest BCUT2D eigenvalue weighted by Crippen LogP contribution is -2.27. The van der Waals surface area contributed by atoms with Crippen molar-refractivity contribution < 1.29 is 0 Å². The van der Waals surface area contributed by atoms with Crippen LogP contribution in [-0.4, -0.2) is 28.6 Å². The molecular weight excluding hydrogens is 230 g/mol. The number of hydrogen-bond donors (Lipinski definition) is 2. The van der Waals surface area contributed by atoms with Crippen molar-refractivity contribution in [3.8, 4) is 0 Å². The van der Waals surface area contributed by atoms with Crippen LogP contribution >= 0.6 is 11.8 Å². The highest BCUT2D eigenvalue weighted by Gasteiger charge is 2.28. The van der Waals surface area contributed by atoms with E-state index in [9.17, 15) is 0 Å². The maximum absolute atomic E-state index is 4.24. The van der Waals surface area contributed by atoms with E-state index in [4.69, 9.17) is 0 Å². The molecule has 94 valence electrons. The summed E-state index contributed by atoms with van der Waals surface area (Å²) in [5.41, 5.74) is 2.19. The molecule has 1 aliphatic heterocycles. The first kappa shape index (κ1) is 12.6. The topological polar surface area (TPSA) is 37.0 Å². The maximum Gasteiger partial charge on any atom is 0.0547 e. The molecule has 0 amide bonds. The molecule has 0 saturated carbocycles. The van der Waals surface area contributed by atoms with E-state index in [2.05, 4.69) is 47.3 Å². The lowest BCUT2D eigenvalue weighted by molar-refractivity contribution is 0.635. The second-order valence-electron chi connectivity index (χ2n) is 4.75. The van der Waals surface area contributed by atoms with Gasteiger partial charge in [0.15, 0.2) is 0 Å². The van der Waals surface area contributed by atoms with Crippen LogP contribution in [0.25, 0.3) is 0 Å². The van der Waals surface area contributed by atoms with Crippen molar-refractivity contribution in [3.05, 3.63) is 18.5 Å². The van der Waals surface area contributed by atoms with E-state index in [0.29, 0.717) is 4.75 Å². The zero-order valence-corrected chi connectivity index (χ0v) is 11.4. The summed E-state index contributed by atoms with van der Waals surface area (Å²) in [6.07, 6.45) is 6.41. The summed E-state index contributed by atoms with van der Waals surface area (Å²) < 4.78 is 0.397. The average Bonchev–Trinajstić information content (AvgIpc) is 2.76. The molecule has 2 N–H and O–H groups in total. The fourth-order valence-electron chi connectivity index (χ4n) is 2.10. The number of thioether (sulfide) groups is 1. The average molecular weight is 251 g/mol.